The molecule has 0 spiro atoms. The van der Waals surface area contributed by atoms with E-state index < -0.39 is 0 Å². The third-order valence-corrected chi connectivity index (χ3v) is 4.38. The number of hydrogen-bond donors (Lipinski definition) is 1. The van der Waals surface area contributed by atoms with Gasteiger partial charge < -0.3 is 9.64 Å². The minimum absolute atomic E-state index is 0.0785. The number of nitrogens with one attached hydrogen (secondary N) is 1. The highest BCUT2D eigenvalue weighted by molar-refractivity contribution is 9.10. The molecule has 110 valence electrons. The Kier molecular flexibility index (Phi) is 5.61. The Labute approximate surface area is 129 Å². The third-order valence-electron chi connectivity index (χ3n) is 3.85. The molecule has 4 heteroatoms. The summed E-state index contributed by atoms with van der Waals surface area (Å²) in [5.41, 5.74) is 0.634. The third kappa shape index (κ3) is 4.32. The van der Waals surface area contributed by atoms with Crippen molar-refractivity contribution in [3.63, 3.8) is 0 Å². The molecule has 0 heterocycles. The summed E-state index contributed by atoms with van der Waals surface area (Å²) in [7, 11) is 4.31. The zero-order chi connectivity index (χ0) is 14.5. The standard InChI is InChI=1S/C16H22BrNO2/c1-18(2)11-13-5-3-4-6-15(13)20-16(19)12-7-9-14(17)10-8-12/h7-10,13,15H,3-6,11H2,1-2H3/p+1/t13-,15+/m1/s1. The Balaban J connectivity index is 1.99. The molecule has 2 atom stereocenters. The molecule has 1 aliphatic rings. The minimum Gasteiger partial charge on any atom is -0.458 e. The Hall–Kier alpha value is -0.870. The van der Waals surface area contributed by atoms with Gasteiger partial charge in [-0.2, -0.15) is 0 Å². The van der Waals surface area contributed by atoms with Gasteiger partial charge in [0.2, 0.25) is 0 Å². The molecule has 1 saturated carbocycles. The zero-order valence-electron chi connectivity index (χ0n) is 12.2. The van der Waals surface area contributed by atoms with E-state index in [1.807, 2.05) is 12.1 Å². The largest absolute Gasteiger partial charge is 0.458 e. The quantitative estimate of drug-likeness (QED) is 0.852. The van der Waals surface area contributed by atoms with Gasteiger partial charge in [-0.25, -0.2) is 4.79 Å². The van der Waals surface area contributed by atoms with Gasteiger partial charge in [0.05, 0.1) is 26.2 Å². The van der Waals surface area contributed by atoms with Gasteiger partial charge in [-0.05, 0) is 43.5 Å². The van der Waals surface area contributed by atoms with Crippen molar-refractivity contribution in [1.29, 1.82) is 0 Å². The number of ether oxygens (including phenoxy) is 1. The number of quaternary nitrogens is 1. The molecular formula is C16H23BrNO2+. The van der Waals surface area contributed by atoms with Gasteiger partial charge in [0, 0.05) is 10.4 Å². The molecule has 0 bridgehead atoms. The van der Waals surface area contributed by atoms with Crippen LogP contribution in [0.15, 0.2) is 28.7 Å². The highest BCUT2D eigenvalue weighted by atomic mass is 79.9. The normalized spacial score (nSPS) is 22.8. The summed E-state index contributed by atoms with van der Waals surface area (Å²) in [5.74, 6) is 0.302. The van der Waals surface area contributed by atoms with E-state index in [1.54, 1.807) is 12.1 Å². The van der Waals surface area contributed by atoms with Crippen molar-refractivity contribution < 1.29 is 14.4 Å². The maximum absolute atomic E-state index is 12.2. The van der Waals surface area contributed by atoms with Crippen LogP contribution in [0.3, 0.4) is 0 Å². The van der Waals surface area contributed by atoms with Crippen molar-refractivity contribution in [2.75, 3.05) is 20.6 Å². The van der Waals surface area contributed by atoms with Gasteiger partial charge in [-0.3, -0.25) is 0 Å². The maximum atomic E-state index is 12.2. The van der Waals surface area contributed by atoms with E-state index in [4.69, 9.17) is 4.74 Å². The van der Waals surface area contributed by atoms with E-state index in [2.05, 4.69) is 30.0 Å². The van der Waals surface area contributed by atoms with Crippen molar-refractivity contribution in [1.82, 2.24) is 0 Å². The van der Waals surface area contributed by atoms with Crippen LogP contribution in [0.25, 0.3) is 0 Å². The van der Waals surface area contributed by atoms with E-state index >= 15 is 0 Å². The average Bonchev–Trinajstić information content (AvgIpc) is 2.41. The van der Waals surface area contributed by atoms with Crippen molar-refractivity contribution in [3.05, 3.63) is 34.3 Å². The summed E-state index contributed by atoms with van der Waals surface area (Å²) in [5, 5.41) is 0. The number of halogens is 1. The fourth-order valence-corrected chi connectivity index (χ4v) is 3.14. The highest BCUT2D eigenvalue weighted by Gasteiger charge is 2.30. The summed E-state index contributed by atoms with van der Waals surface area (Å²) in [6.45, 7) is 1.07. The fourth-order valence-electron chi connectivity index (χ4n) is 2.88. The monoisotopic (exact) mass is 340 g/mol. The van der Waals surface area contributed by atoms with Gasteiger partial charge in [0.15, 0.2) is 0 Å². The zero-order valence-corrected chi connectivity index (χ0v) is 13.8. The Bertz CT molecular complexity index is 444. The van der Waals surface area contributed by atoms with Crippen molar-refractivity contribution >= 4 is 21.9 Å². The van der Waals surface area contributed by atoms with Gasteiger partial charge in [0.1, 0.15) is 6.10 Å². The Morgan fingerprint density at radius 1 is 1.25 bits per heavy atom. The smallest absolute Gasteiger partial charge is 0.338 e. The summed E-state index contributed by atoms with van der Waals surface area (Å²) in [4.78, 5) is 13.6. The van der Waals surface area contributed by atoms with Crippen molar-refractivity contribution in [2.24, 2.45) is 5.92 Å². The Morgan fingerprint density at radius 3 is 2.55 bits per heavy atom. The molecule has 1 aromatic carbocycles. The van der Waals surface area contributed by atoms with Crippen LogP contribution in [0.1, 0.15) is 36.0 Å². The molecule has 1 fully saturated rings. The number of carbonyl (C=O) groups excluding carboxylic acids is 1. The molecule has 0 saturated heterocycles. The first-order valence-electron chi connectivity index (χ1n) is 7.32. The van der Waals surface area contributed by atoms with E-state index in [1.165, 1.54) is 17.7 Å². The predicted molar refractivity (Wildman–Crippen MR) is 83.0 cm³/mol. The van der Waals surface area contributed by atoms with Gasteiger partial charge in [0.25, 0.3) is 0 Å². The molecule has 1 aliphatic carbocycles. The van der Waals surface area contributed by atoms with Crippen LogP contribution in [0.5, 0.6) is 0 Å². The van der Waals surface area contributed by atoms with Gasteiger partial charge in [-0.1, -0.05) is 22.4 Å². The van der Waals surface area contributed by atoms with Gasteiger partial charge in [-0.15, -0.1) is 0 Å². The highest BCUT2D eigenvalue weighted by Crippen LogP contribution is 2.27. The SMILES string of the molecule is C[NH+](C)C[C@H]1CCCC[C@@H]1OC(=O)c1ccc(Br)cc1. The van der Waals surface area contributed by atoms with Crippen LogP contribution >= 0.6 is 15.9 Å². The molecule has 3 nitrogen and oxygen atoms in total. The summed E-state index contributed by atoms with van der Waals surface area (Å²) in [6.07, 6.45) is 4.67. The summed E-state index contributed by atoms with van der Waals surface area (Å²) < 4.78 is 6.74. The number of rotatable bonds is 4. The first-order valence-corrected chi connectivity index (χ1v) is 8.11. The molecule has 1 N–H and O–H groups in total. The van der Waals surface area contributed by atoms with Crippen LogP contribution in [0.4, 0.5) is 0 Å². The molecule has 0 aliphatic heterocycles. The molecule has 0 radical (unpaired) electrons. The van der Waals surface area contributed by atoms with Gasteiger partial charge >= 0.3 is 5.97 Å². The molecule has 2 rings (SSSR count). The van der Waals surface area contributed by atoms with Crippen LogP contribution in [0.2, 0.25) is 0 Å². The molecule has 0 unspecified atom stereocenters. The first kappa shape index (κ1) is 15.5. The predicted octanol–water partition coefficient (Wildman–Crippen LogP) is 2.31. The molecule has 1 aromatic rings. The lowest BCUT2D eigenvalue weighted by molar-refractivity contribution is -0.862. The van der Waals surface area contributed by atoms with Crippen molar-refractivity contribution in [2.45, 2.75) is 31.8 Å². The number of hydrogen-bond acceptors (Lipinski definition) is 2. The van der Waals surface area contributed by atoms with Crippen LogP contribution in [0, 0.1) is 5.92 Å². The van der Waals surface area contributed by atoms with Crippen LogP contribution in [-0.4, -0.2) is 32.7 Å². The lowest BCUT2D eigenvalue weighted by Crippen LogP contribution is -3.06. The lowest BCUT2D eigenvalue weighted by Gasteiger charge is -2.31. The number of carbonyl (C=O) groups is 1. The van der Waals surface area contributed by atoms with E-state index in [-0.39, 0.29) is 12.1 Å². The number of esters is 1. The van der Waals surface area contributed by atoms with E-state index in [0.717, 1.165) is 23.9 Å². The van der Waals surface area contributed by atoms with Crippen molar-refractivity contribution in [3.8, 4) is 0 Å². The first-order chi connectivity index (χ1) is 9.56. The average molecular weight is 341 g/mol. The van der Waals surface area contributed by atoms with E-state index in [0.29, 0.717) is 11.5 Å². The van der Waals surface area contributed by atoms with Crippen LogP contribution < -0.4 is 4.90 Å². The lowest BCUT2D eigenvalue weighted by atomic mass is 9.86. The summed E-state index contributed by atoms with van der Waals surface area (Å²) >= 11 is 3.37. The second-order valence-electron chi connectivity index (χ2n) is 5.91. The second-order valence-corrected chi connectivity index (χ2v) is 6.82. The fraction of sp³-hybridized carbons (Fsp3) is 0.562. The minimum atomic E-state index is -0.192. The molecular weight excluding hydrogens is 318 g/mol. The summed E-state index contributed by atoms with van der Waals surface area (Å²) in [6, 6.07) is 7.36. The molecule has 0 aromatic heterocycles. The maximum Gasteiger partial charge on any atom is 0.338 e. The molecule has 0 amide bonds. The number of benzene rings is 1. The topological polar surface area (TPSA) is 30.7 Å². The van der Waals surface area contributed by atoms with Crippen LogP contribution in [-0.2, 0) is 4.74 Å². The van der Waals surface area contributed by atoms with E-state index in [9.17, 15) is 4.79 Å². The second kappa shape index (κ2) is 7.23. The molecule has 20 heavy (non-hydrogen) atoms. The Morgan fingerprint density at radius 2 is 1.90 bits per heavy atom.